The molecule has 1 unspecified atom stereocenters. The van der Waals surface area contributed by atoms with Gasteiger partial charge in [-0.15, -0.1) is 0 Å². The van der Waals surface area contributed by atoms with E-state index in [9.17, 15) is 4.79 Å². The zero-order valence-corrected chi connectivity index (χ0v) is 10.1. The Kier molecular flexibility index (Phi) is 9.24. The van der Waals surface area contributed by atoms with Crippen molar-refractivity contribution in [1.29, 1.82) is 0 Å². The molecule has 0 N–H and O–H groups in total. The summed E-state index contributed by atoms with van der Waals surface area (Å²) in [6.07, 6.45) is 9.17. The van der Waals surface area contributed by atoms with Crippen LogP contribution >= 0.6 is 0 Å². The smallest absolute Gasteiger partial charge is 0.330 e. The summed E-state index contributed by atoms with van der Waals surface area (Å²) in [4.78, 5) is 11.1. The van der Waals surface area contributed by atoms with Crippen molar-refractivity contribution in [1.82, 2.24) is 0 Å². The highest BCUT2D eigenvalue weighted by molar-refractivity contribution is 5.81. The predicted octanol–water partition coefficient (Wildman–Crippen LogP) is 3.85. The van der Waals surface area contributed by atoms with Crippen molar-refractivity contribution >= 4 is 5.97 Å². The number of rotatable bonds is 9. The van der Waals surface area contributed by atoms with Crippen LogP contribution in [0.3, 0.4) is 0 Å². The molecule has 1 atom stereocenters. The van der Waals surface area contributed by atoms with Gasteiger partial charge in [0.15, 0.2) is 0 Å². The zero-order chi connectivity index (χ0) is 11.5. The number of esters is 1. The molecule has 0 saturated carbocycles. The highest BCUT2D eigenvalue weighted by Crippen LogP contribution is 2.13. The van der Waals surface area contributed by atoms with E-state index in [1.54, 1.807) is 0 Å². The predicted molar refractivity (Wildman–Crippen MR) is 63.7 cm³/mol. The number of hydrogen-bond acceptors (Lipinski definition) is 2. The molecule has 0 aliphatic carbocycles. The van der Waals surface area contributed by atoms with Crippen LogP contribution in [-0.4, -0.2) is 12.1 Å². The van der Waals surface area contributed by atoms with Crippen molar-refractivity contribution in [2.75, 3.05) is 0 Å². The number of carbonyl (C=O) groups excluding carboxylic acids is 1. The van der Waals surface area contributed by atoms with Crippen molar-refractivity contribution < 1.29 is 9.53 Å². The first-order chi connectivity index (χ1) is 7.24. The van der Waals surface area contributed by atoms with Crippen molar-refractivity contribution in [2.24, 2.45) is 0 Å². The van der Waals surface area contributed by atoms with E-state index in [0.29, 0.717) is 0 Å². The van der Waals surface area contributed by atoms with Crippen LogP contribution in [0.1, 0.15) is 58.8 Å². The first-order valence-electron chi connectivity index (χ1n) is 6.07. The fraction of sp³-hybridized carbons (Fsp3) is 0.769. The lowest BCUT2D eigenvalue weighted by molar-refractivity contribution is -0.143. The van der Waals surface area contributed by atoms with Crippen LogP contribution in [0.2, 0.25) is 0 Å². The molecule has 0 saturated heterocycles. The second-order valence-electron chi connectivity index (χ2n) is 3.90. The van der Waals surface area contributed by atoms with Gasteiger partial charge in [-0.2, -0.15) is 0 Å². The summed E-state index contributed by atoms with van der Waals surface area (Å²) in [6, 6.07) is 0. The molecule has 0 amide bonds. The minimum Gasteiger partial charge on any atom is -0.459 e. The highest BCUT2D eigenvalue weighted by atomic mass is 16.5. The Labute approximate surface area is 93.7 Å². The average Bonchev–Trinajstić information content (AvgIpc) is 2.25. The van der Waals surface area contributed by atoms with E-state index < -0.39 is 0 Å². The third kappa shape index (κ3) is 8.22. The zero-order valence-electron chi connectivity index (χ0n) is 10.1. The van der Waals surface area contributed by atoms with Gasteiger partial charge in [0.25, 0.3) is 0 Å². The minimum absolute atomic E-state index is 0.0991. The molecule has 0 aliphatic rings. The molecule has 0 aromatic carbocycles. The van der Waals surface area contributed by atoms with Gasteiger partial charge in [-0.1, -0.05) is 46.1 Å². The van der Waals surface area contributed by atoms with E-state index in [1.807, 2.05) is 0 Å². The number of carbonyl (C=O) groups is 1. The van der Waals surface area contributed by atoms with Crippen molar-refractivity contribution in [3.05, 3.63) is 12.7 Å². The molecule has 0 rings (SSSR count). The largest absolute Gasteiger partial charge is 0.459 e. The molecule has 0 bridgehead atoms. The van der Waals surface area contributed by atoms with Gasteiger partial charge >= 0.3 is 5.97 Å². The Morgan fingerprint density at radius 2 is 1.80 bits per heavy atom. The first-order valence-corrected chi connectivity index (χ1v) is 6.07. The fourth-order valence-corrected chi connectivity index (χ4v) is 1.53. The topological polar surface area (TPSA) is 26.3 Å². The van der Waals surface area contributed by atoms with Crippen LogP contribution in [0.5, 0.6) is 0 Å². The van der Waals surface area contributed by atoms with E-state index in [-0.39, 0.29) is 12.1 Å². The maximum atomic E-state index is 11.1. The van der Waals surface area contributed by atoms with Crippen LogP contribution in [0, 0.1) is 0 Å². The van der Waals surface area contributed by atoms with Crippen LogP contribution in [0.4, 0.5) is 0 Å². The molecule has 0 aromatic rings. The average molecular weight is 212 g/mol. The first kappa shape index (κ1) is 14.2. The molecule has 88 valence electrons. The molecular weight excluding hydrogens is 188 g/mol. The van der Waals surface area contributed by atoms with Gasteiger partial charge in [-0.3, -0.25) is 0 Å². The molecule has 15 heavy (non-hydrogen) atoms. The number of unbranched alkanes of at least 4 members (excludes halogenated alkanes) is 3. The van der Waals surface area contributed by atoms with Crippen molar-refractivity contribution in [2.45, 2.75) is 64.9 Å². The summed E-state index contributed by atoms with van der Waals surface area (Å²) in [5.41, 5.74) is 0. The number of ether oxygens (including phenoxy) is 1. The Hall–Kier alpha value is -0.790. The molecule has 0 fully saturated rings. The van der Waals surface area contributed by atoms with E-state index in [2.05, 4.69) is 20.4 Å². The Morgan fingerprint density at radius 1 is 1.20 bits per heavy atom. The second-order valence-corrected chi connectivity index (χ2v) is 3.90. The Bertz CT molecular complexity index is 175. The molecule has 0 aliphatic heterocycles. The van der Waals surface area contributed by atoms with Gasteiger partial charge in [0.2, 0.25) is 0 Å². The molecule has 0 aromatic heterocycles. The van der Waals surface area contributed by atoms with E-state index in [0.717, 1.165) is 32.1 Å². The molecule has 0 spiro atoms. The molecule has 0 heterocycles. The highest BCUT2D eigenvalue weighted by Gasteiger charge is 2.11. The quantitative estimate of drug-likeness (QED) is 0.329. The van der Waals surface area contributed by atoms with E-state index in [4.69, 9.17) is 4.74 Å². The maximum absolute atomic E-state index is 11.1. The summed E-state index contributed by atoms with van der Waals surface area (Å²) in [5.74, 6) is -0.285. The SMILES string of the molecule is C=CC(=O)OC(CCCC)CCCCC. The van der Waals surface area contributed by atoms with Crippen molar-refractivity contribution in [3.8, 4) is 0 Å². The van der Waals surface area contributed by atoms with Crippen molar-refractivity contribution in [3.63, 3.8) is 0 Å². The second kappa shape index (κ2) is 9.75. The van der Waals surface area contributed by atoms with Crippen LogP contribution in [-0.2, 0) is 9.53 Å². The molecular formula is C13H24O2. The lowest BCUT2D eigenvalue weighted by atomic mass is 10.1. The van der Waals surface area contributed by atoms with Crippen LogP contribution in [0.25, 0.3) is 0 Å². The van der Waals surface area contributed by atoms with Gasteiger partial charge < -0.3 is 4.74 Å². The standard InChI is InChI=1S/C13H24O2/c1-4-7-9-11-12(10-8-5-2)15-13(14)6-3/h6,12H,3-5,7-11H2,1-2H3. The summed E-state index contributed by atoms with van der Waals surface area (Å²) in [7, 11) is 0. The van der Waals surface area contributed by atoms with E-state index >= 15 is 0 Å². The lowest BCUT2D eigenvalue weighted by Gasteiger charge is -2.16. The van der Waals surface area contributed by atoms with Gasteiger partial charge in [0, 0.05) is 6.08 Å². The van der Waals surface area contributed by atoms with E-state index in [1.165, 1.54) is 18.9 Å². The normalized spacial score (nSPS) is 12.1. The third-order valence-corrected chi connectivity index (χ3v) is 2.46. The Balaban J connectivity index is 3.82. The molecule has 2 heteroatoms. The summed E-state index contributed by atoms with van der Waals surface area (Å²) in [6.45, 7) is 7.74. The molecule has 2 nitrogen and oxygen atoms in total. The summed E-state index contributed by atoms with van der Waals surface area (Å²) >= 11 is 0. The summed E-state index contributed by atoms with van der Waals surface area (Å²) < 4.78 is 5.29. The van der Waals surface area contributed by atoms with Gasteiger partial charge in [0.1, 0.15) is 6.10 Å². The third-order valence-electron chi connectivity index (χ3n) is 2.46. The molecule has 0 radical (unpaired) electrons. The van der Waals surface area contributed by atoms with Crippen LogP contribution in [0.15, 0.2) is 12.7 Å². The van der Waals surface area contributed by atoms with Crippen LogP contribution < -0.4 is 0 Å². The van der Waals surface area contributed by atoms with Gasteiger partial charge in [0.05, 0.1) is 0 Å². The maximum Gasteiger partial charge on any atom is 0.330 e. The number of hydrogen-bond donors (Lipinski definition) is 0. The lowest BCUT2D eigenvalue weighted by Crippen LogP contribution is -2.16. The van der Waals surface area contributed by atoms with Gasteiger partial charge in [-0.25, -0.2) is 4.79 Å². The van der Waals surface area contributed by atoms with Gasteiger partial charge in [-0.05, 0) is 19.3 Å². The fourth-order valence-electron chi connectivity index (χ4n) is 1.53. The monoisotopic (exact) mass is 212 g/mol. The minimum atomic E-state index is -0.285. The Morgan fingerprint density at radius 3 is 2.33 bits per heavy atom. The summed E-state index contributed by atoms with van der Waals surface area (Å²) in [5, 5.41) is 0.